The van der Waals surface area contributed by atoms with E-state index in [4.69, 9.17) is 9.47 Å². The highest BCUT2D eigenvalue weighted by Gasteiger charge is 2.25. The molecule has 1 aliphatic heterocycles. The van der Waals surface area contributed by atoms with Gasteiger partial charge in [0.05, 0.1) is 53.7 Å². The zero-order chi connectivity index (χ0) is 29.0. The van der Waals surface area contributed by atoms with Crippen LogP contribution in [0, 0.1) is 6.92 Å². The van der Waals surface area contributed by atoms with Gasteiger partial charge < -0.3 is 19.6 Å². The third-order valence-electron chi connectivity index (χ3n) is 6.75. The highest BCUT2D eigenvalue weighted by Crippen LogP contribution is 2.34. The highest BCUT2D eigenvalue weighted by molar-refractivity contribution is 5.92. The molecule has 0 amide bonds. The number of rotatable bonds is 5. The second-order valence-corrected chi connectivity index (χ2v) is 9.44. The molecule has 12 nitrogen and oxygen atoms in total. The van der Waals surface area contributed by atoms with Crippen molar-refractivity contribution in [2.45, 2.75) is 60.7 Å². The van der Waals surface area contributed by atoms with Crippen LogP contribution in [0.5, 0.6) is 11.8 Å². The second kappa shape index (κ2) is 12.5. The van der Waals surface area contributed by atoms with E-state index in [1.54, 1.807) is 9.36 Å². The summed E-state index contributed by atoms with van der Waals surface area (Å²) in [4.78, 5) is 18.3. The van der Waals surface area contributed by atoms with Crippen LogP contribution in [0.1, 0.15) is 57.3 Å². The number of pyridine rings is 1. The summed E-state index contributed by atoms with van der Waals surface area (Å²) in [7, 11) is 1.84. The number of ether oxygens (including phenoxy) is 2. The van der Waals surface area contributed by atoms with E-state index in [9.17, 15) is 9.90 Å². The number of aliphatic hydroxyl groups is 1. The molecule has 0 aromatic carbocycles. The third kappa shape index (κ3) is 5.54. The maximum Gasteiger partial charge on any atom is 0.276 e. The molecule has 4 aromatic heterocycles. The van der Waals surface area contributed by atoms with E-state index in [0.29, 0.717) is 60.3 Å². The first-order chi connectivity index (χ1) is 19.3. The molecule has 5 heterocycles. The Morgan fingerprint density at radius 1 is 1.23 bits per heavy atom. The van der Waals surface area contributed by atoms with E-state index in [-0.39, 0.29) is 18.3 Å². The van der Waals surface area contributed by atoms with Crippen molar-refractivity contribution in [3.63, 3.8) is 0 Å². The standard InChI is InChI=1S/C26H34N8O4.C2H6/c1-6-33-13-15(3)38-26-22(16(4)30-32(26)5)20-12-18-19(28-29-23(18)24(36)27-20)9-8-17-21(14-33)34(10-11-35)31-25(17)37-7-2;1-2/h8-9,12,15,35H,6-7,10-11,13-14H2,1-5H3,(H,27,36)(H,28,29);1-2H3/b9-8+;. The Hall–Kier alpha value is -3.90. The minimum absolute atomic E-state index is 0.0472. The fourth-order valence-corrected chi connectivity index (χ4v) is 5.01. The fraction of sp³-hybridized carbons (Fsp3) is 0.500. The minimum Gasteiger partial charge on any atom is -0.476 e. The van der Waals surface area contributed by atoms with Gasteiger partial charge in [-0.3, -0.25) is 19.5 Å². The van der Waals surface area contributed by atoms with E-state index in [0.717, 1.165) is 29.1 Å². The lowest BCUT2D eigenvalue weighted by Gasteiger charge is -2.25. The molecule has 0 saturated carbocycles. The van der Waals surface area contributed by atoms with Crippen molar-refractivity contribution in [2.75, 3.05) is 26.3 Å². The first-order valence-electron chi connectivity index (χ1n) is 13.9. The van der Waals surface area contributed by atoms with Crippen LogP contribution < -0.4 is 15.0 Å². The van der Waals surface area contributed by atoms with Crippen LogP contribution in [-0.2, 0) is 20.1 Å². The summed E-state index contributed by atoms with van der Waals surface area (Å²) in [6.07, 6.45) is 3.63. The predicted octanol–water partition coefficient (Wildman–Crippen LogP) is 3.35. The van der Waals surface area contributed by atoms with Crippen LogP contribution in [0.25, 0.3) is 34.3 Å². The maximum atomic E-state index is 13.0. The van der Waals surface area contributed by atoms with Crippen LogP contribution in [0.15, 0.2) is 10.9 Å². The van der Waals surface area contributed by atoms with Crippen molar-refractivity contribution in [1.29, 1.82) is 0 Å². The van der Waals surface area contributed by atoms with Crippen LogP contribution >= 0.6 is 0 Å². The van der Waals surface area contributed by atoms with E-state index in [1.807, 2.05) is 59.9 Å². The molecule has 0 spiro atoms. The third-order valence-corrected chi connectivity index (χ3v) is 6.75. The quantitative estimate of drug-likeness (QED) is 0.343. The van der Waals surface area contributed by atoms with Crippen molar-refractivity contribution >= 4 is 23.1 Å². The Morgan fingerprint density at radius 3 is 2.70 bits per heavy atom. The van der Waals surface area contributed by atoms with Crippen molar-refractivity contribution in [2.24, 2.45) is 7.05 Å². The number of likely N-dealkylation sites (N-methyl/N-ethyl adjacent to an activating group) is 1. The van der Waals surface area contributed by atoms with Gasteiger partial charge in [-0.15, -0.1) is 5.10 Å². The lowest BCUT2D eigenvalue weighted by atomic mass is 10.1. The number of aryl methyl sites for hydroxylation is 2. The molecule has 1 unspecified atom stereocenters. The molecule has 0 aliphatic carbocycles. The molecule has 216 valence electrons. The summed E-state index contributed by atoms with van der Waals surface area (Å²) in [5.41, 5.74) is 4.53. The summed E-state index contributed by atoms with van der Waals surface area (Å²) >= 11 is 0. The van der Waals surface area contributed by atoms with Crippen LogP contribution in [0.3, 0.4) is 0 Å². The van der Waals surface area contributed by atoms with Crippen molar-refractivity contribution in [3.05, 3.63) is 39.1 Å². The number of nitrogens with one attached hydrogen (secondary N) is 2. The van der Waals surface area contributed by atoms with Gasteiger partial charge in [-0.25, -0.2) is 4.68 Å². The summed E-state index contributed by atoms with van der Waals surface area (Å²) in [6, 6.07) is 1.90. The molecule has 0 radical (unpaired) electrons. The van der Waals surface area contributed by atoms with Gasteiger partial charge in [-0.2, -0.15) is 10.2 Å². The van der Waals surface area contributed by atoms with Crippen molar-refractivity contribution < 1.29 is 14.6 Å². The van der Waals surface area contributed by atoms with Gasteiger partial charge in [0, 0.05) is 25.5 Å². The molecule has 1 aliphatic rings. The predicted molar refractivity (Wildman–Crippen MR) is 155 cm³/mol. The Balaban J connectivity index is 0.00000181. The van der Waals surface area contributed by atoms with Gasteiger partial charge in [0.1, 0.15) is 6.10 Å². The average Bonchev–Trinajstić information content (AvgIpc) is 3.57. The smallest absolute Gasteiger partial charge is 0.276 e. The van der Waals surface area contributed by atoms with Gasteiger partial charge in [0.2, 0.25) is 11.8 Å². The molecule has 5 rings (SSSR count). The van der Waals surface area contributed by atoms with E-state index >= 15 is 0 Å². The van der Waals surface area contributed by atoms with Gasteiger partial charge in [-0.05, 0) is 45.5 Å². The average molecular weight is 553 g/mol. The lowest BCUT2D eigenvalue weighted by Crippen LogP contribution is -2.34. The number of aromatic amines is 2. The number of aliphatic hydroxyl groups excluding tert-OH is 1. The number of nitrogens with zero attached hydrogens (tertiary/aromatic N) is 6. The van der Waals surface area contributed by atoms with Gasteiger partial charge in [-0.1, -0.05) is 20.8 Å². The van der Waals surface area contributed by atoms with Gasteiger partial charge in [0.15, 0.2) is 5.52 Å². The van der Waals surface area contributed by atoms with Gasteiger partial charge in [0.25, 0.3) is 5.56 Å². The largest absolute Gasteiger partial charge is 0.476 e. The van der Waals surface area contributed by atoms with E-state index < -0.39 is 0 Å². The molecule has 0 saturated heterocycles. The van der Waals surface area contributed by atoms with E-state index in [1.165, 1.54) is 0 Å². The Bertz CT molecular complexity index is 1540. The molecular formula is C28H40N8O4. The van der Waals surface area contributed by atoms with Crippen molar-refractivity contribution in [3.8, 4) is 23.0 Å². The number of hydrogen-bond donors (Lipinski definition) is 3. The highest BCUT2D eigenvalue weighted by atomic mass is 16.5. The number of fused-ring (bicyclic) bond motifs is 4. The number of hydrogen-bond acceptors (Lipinski definition) is 8. The first kappa shape index (κ1) is 29.1. The second-order valence-electron chi connectivity index (χ2n) is 9.44. The zero-order valence-electron chi connectivity index (χ0n) is 24.4. The Labute approximate surface area is 233 Å². The van der Waals surface area contributed by atoms with Crippen LogP contribution in [0.2, 0.25) is 0 Å². The Kier molecular flexibility index (Phi) is 9.10. The summed E-state index contributed by atoms with van der Waals surface area (Å²) in [5, 5.41) is 26.9. The minimum atomic E-state index is -0.302. The monoisotopic (exact) mass is 552 g/mol. The molecular weight excluding hydrogens is 512 g/mol. The van der Waals surface area contributed by atoms with Crippen LogP contribution in [0.4, 0.5) is 0 Å². The molecule has 2 bridgehead atoms. The molecule has 4 aromatic rings. The topological polar surface area (TPSA) is 139 Å². The normalized spacial score (nSPS) is 16.4. The van der Waals surface area contributed by atoms with E-state index in [2.05, 4.69) is 37.2 Å². The fourth-order valence-electron chi connectivity index (χ4n) is 5.01. The molecule has 1 atom stereocenters. The SMILES string of the molecule is CC.CCOc1nn(CCO)c2c1/C=C/c1[nH]nc3c(=O)[nH]c(cc13)-c1c(C)nn(C)c1OC(C)CN(CC)C2. The summed E-state index contributed by atoms with van der Waals surface area (Å²) in [5.74, 6) is 1.08. The van der Waals surface area contributed by atoms with Crippen LogP contribution in [-0.4, -0.2) is 77.2 Å². The molecule has 0 fully saturated rings. The number of H-pyrrole nitrogens is 2. The zero-order valence-corrected chi connectivity index (χ0v) is 24.4. The maximum absolute atomic E-state index is 13.0. The first-order valence-corrected chi connectivity index (χ1v) is 13.9. The molecule has 12 heteroatoms. The van der Waals surface area contributed by atoms with Gasteiger partial charge >= 0.3 is 0 Å². The summed E-state index contributed by atoms with van der Waals surface area (Å²) < 4.78 is 15.9. The summed E-state index contributed by atoms with van der Waals surface area (Å²) in [6.45, 7) is 14.7. The Morgan fingerprint density at radius 2 is 2.00 bits per heavy atom. The van der Waals surface area contributed by atoms with Crippen molar-refractivity contribution in [1.82, 2.24) is 39.6 Å². The molecule has 3 N–H and O–H groups in total. The lowest BCUT2D eigenvalue weighted by molar-refractivity contribution is 0.133. The number of aromatic nitrogens is 7. The molecule has 40 heavy (non-hydrogen) atoms.